The second-order valence-corrected chi connectivity index (χ2v) is 6.62. The molecule has 26 heavy (non-hydrogen) atoms. The van der Waals surface area contributed by atoms with Crippen LogP contribution in [0.25, 0.3) is 0 Å². The number of hydrogen-bond acceptors (Lipinski definition) is 6. The Morgan fingerprint density at radius 1 is 1.15 bits per heavy atom. The van der Waals surface area contributed by atoms with Crippen LogP contribution in [0.3, 0.4) is 0 Å². The third-order valence-corrected chi connectivity index (χ3v) is 4.65. The number of aliphatic hydroxyl groups is 1. The summed E-state index contributed by atoms with van der Waals surface area (Å²) in [7, 11) is 0. The largest absolute Gasteiger partial charge is 0.494 e. The zero-order valence-corrected chi connectivity index (χ0v) is 14.8. The Kier molecular flexibility index (Phi) is 6.66. The lowest BCUT2D eigenvalue weighted by atomic mass is 10.1. The highest BCUT2D eigenvalue weighted by Crippen LogP contribution is 2.29. The van der Waals surface area contributed by atoms with Crippen molar-refractivity contribution in [3.63, 3.8) is 0 Å². The summed E-state index contributed by atoms with van der Waals surface area (Å²) in [4.78, 5) is 12.3. The molecule has 0 aromatic heterocycles. The molecule has 1 N–H and O–H groups in total. The molecule has 0 amide bonds. The first-order valence-electron chi connectivity index (χ1n) is 9.15. The minimum atomic E-state index is -0.656. The number of carbonyl (C=O) groups excluding carboxylic acids is 1. The van der Waals surface area contributed by atoms with E-state index in [0.717, 1.165) is 31.4 Å². The lowest BCUT2D eigenvalue weighted by Crippen LogP contribution is -2.34. The van der Waals surface area contributed by atoms with E-state index in [4.69, 9.17) is 18.9 Å². The Balaban J connectivity index is 1.43. The molecular weight excluding hydrogens is 336 g/mol. The molecule has 1 aromatic rings. The van der Waals surface area contributed by atoms with Gasteiger partial charge in [0, 0.05) is 0 Å². The number of carbonyl (C=O) groups is 1. The highest BCUT2D eigenvalue weighted by molar-refractivity contribution is 5.89. The molecule has 0 radical (unpaired) electrons. The summed E-state index contributed by atoms with van der Waals surface area (Å²) in [6.45, 7) is 4.81. The van der Waals surface area contributed by atoms with Gasteiger partial charge in [-0.3, -0.25) is 0 Å². The maximum Gasteiger partial charge on any atom is 0.338 e. The van der Waals surface area contributed by atoms with Crippen molar-refractivity contribution < 1.29 is 28.8 Å². The standard InChI is InChI=1S/C20H26O6/c1-2-3-4-5-6-11-23-15-9-7-14(8-10-15)20(22)26-17-13-25-18-16(21)12-24-19(17)18/h2,7-10,16-19,21H,1,3-6,11-13H2/t16-,17+,18+,19+/m0/s1. The molecule has 1 aromatic carbocycles. The lowest BCUT2D eigenvalue weighted by molar-refractivity contribution is -0.0209. The molecule has 2 fully saturated rings. The van der Waals surface area contributed by atoms with Crippen LogP contribution in [-0.4, -0.2) is 55.3 Å². The molecule has 0 bridgehead atoms. The maximum atomic E-state index is 12.3. The maximum absolute atomic E-state index is 12.3. The number of benzene rings is 1. The Labute approximate surface area is 153 Å². The average Bonchev–Trinajstić information content (AvgIpc) is 3.22. The lowest BCUT2D eigenvalue weighted by Gasteiger charge is -2.16. The summed E-state index contributed by atoms with van der Waals surface area (Å²) >= 11 is 0. The van der Waals surface area contributed by atoms with E-state index in [2.05, 4.69) is 6.58 Å². The highest BCUT2D eigenvalue weighted by Gasteiger charge is 2.48. The van der Waals surface area contributed by atoms with Crippen LogP contribution in [0, 0.1) is 0 Å². The highest BCUT2D eigenvalue weighted by atomic mass is 16.6. The first-order chi connectivity index (χ1) is 12.7. The molecular formula is C20H26O6. The summed E-state index contributed by atoms with van der Waals surface area (Å²) in [6, 6.07) is 6.91. The number of unbranched alkanes of at least 4 members (excludes halogenated alkanes) is 3. The minimum Gasteiger partial charge on any atom is -0.494 e. The van der Waals surface area contributed by atoms with Gasteiger partial charge in [0.25, 0.3) is 0 Å². The van der Waals surface area contributed by atoms with E-state index in [9.17, 15) is 9.90 Å². The van der Waals surface area contributed by atoms with Crippen LogP contribution in [0.4, 0.5) is 0 Å². The minimum absolute atomic E-state index is 0.211. The molecule has 142 valence electrons. The summed E-state index contributed by atoms with van der Waals surface area (Å²) in [6.07, 6.45) is 4.25. The number of rotatable bonds is 9. The van der Waals surface area contributed by atoms with Crippen molar-refractivity contribution in [3.05, 3.63) is 42.5 Å². The van der Waals surface area contributed by atoms with Gasteiger partial charge in [0.05, 0.1) is 25.4 Å². The van der Waals surface area contributed by atoms with Crippen molar-refractivity contribution in [2.45, 2.75) is 50.1 Å². The van der Waals surface area contributed by atoms with Crippen molar-refractivity contribution in [1.29, 1.82) is 0 Å². The topological polar surface area (TPSA) is 74.2 Å². The molecule has 6 heteroatoms. The van der Waals surface area contributed by atoms with Gasteiger partial charge in [0.2, 0.25) is 0 Å². The predicted molar refractivity (Wildman–Crippen MR) is 95.3 cm³/mol. The molecule has 2 aliphatic rings. The smallest absolute Gasteiger partial charge is 0.338 e. The number of allylic oxidation sites excluding steroid dienone is 1. The SMILES string of the molecule is C=CCCCCCOc1ccc(C(=O)O[C@@H]2CO[C@H]3[C@@H]2OC[C@@H]3O)cc1. The van der Waals surface area contributed by atoms with Crippen molar-refractivity contribution in [2.24, 2.45) is 0 Å². The zero-order valence-electron chi connectivity index (χ0n) is 14.8. The molecule has 2 saturated heterocycles. The molecule has 6 nitrogen and oxygen atoms in total. The Morgan fingerprint density at radius 2 is 1.92 bits per heavy atom. The fraction of sp³-hybridized carbons (Fsp3) is 0.550. The van der Waals surface area contributed by atoms with Gasteiger partial charge in [-0.05, 0) is 49.9 Å². The first kappa shape index (κ1) is 18.9. The predicted octanol–water partition coefficient (Wildman–Crippen LogP) is 2.50. The number of fused-ring (bicyclic) bond motifs is 1. The van der Waals surface area contributed by atoms with Gasteiger partial charge in [0.15, 0.2) is 6.10 Å². The van der Waals surface area contributed by atoms with Gasteiger partial charge < -0.3 is 24.1 Å². The average molecular weight is 362 g/mol. The second kappa shape index (κ2) is 9.16. The van der Waals surface area contributed by atoms with Gasteiger partial charge in [-0.25, -0.2) is 4.79 Å². The molecule has 2 aliphatic heterocycles. The zero-order chi connectivity index (χ0) is 18.4. The number of esters is 1. The van der Waals surface area contributed by atoms with Crippen LogP contribution in [0.1, 0.15) is 36.0 Å². The third-order valence-electron chi connectivity index (χ3n) is 4.65. The van der Waals surface area contributed by atoms with Crippen LogP contribution in [0.5, 0.6) is 5.75 Å². The number of aliphatic hydroxyl groups excluding tert-OH is 1. The van der Waals surface area contributed by atoms with Crippen LogP contribution >= 0.6 is 0 Å². The van der Waals surface area contributed by atoms with Crippen molar-refractivity contribution in [2.75, 3.05) is 19.8 Å². The molecule has 3 rings (SSSR count). The summed E-state index contributed by atoms with van der Waals surface area (Å²) in [5, 5.41) is 9.72. The van der Waals surface area contributed by atoms with Gasteiger partial charge in [-0.1, -0.05) is 6.08 Å². The van der Waals surface area contributed by atoms with E-state index in [0.29, 0.717) is 12.2 Å². The van der Waals surface area contributed by atoms with Gasteiger partial charge in [-0.2, -0.15) is 0 Å². The fourth-order valence-corrected chi connectivity index (χ4v) is 3.20. The van der Waals surface area contributed by atoms with E-state index in [-0.39, 0.29) is 13.2 Å². The first-order valence-corrected chi connectivity index (χ1v) is 9.15. The van der Waals surface area contributed by atoms with Crippen LogP contribution in [0.15, 0.2) is 36.9 Å². The molecule has 2 heterocycles. The molecule has 0 unspecified atom stereocenters. The summed E-state index contributed by atoms with van der Waals surface area (Å²) < 4.78 is 22.1. The third kappa shape index (κ3) is 4.63. The van der Waals surface area contributed by atoms with Gasteiger partial charge in [-0.15, -0.1) is 6.58 Å². The summed E-state index contributed by atoms with van der Waals surface area (Å²) in [5.74, 6) is 0.303. The van der Waals surface area contributed by atoms with E-state index in [1.54, 1.807) is 24.3 Å². The normalized spacial score (nSPS) is 27.1. The van der Waals surface area contributed by atoms with E-state index in [1.165, 1.54) is 0 Å². The Morgan fingerprint density at radius 3 is 2.69 bits per heavy atom. The molecule has 4 atom stereocenters. The van der Waals surface area contributed by atoms with Gasteiger partial charge in [0.1, 0.15) is 24.1 Å². The quantitative estimate of drug-likeness (QED) is 0.413. The van der Waals surface area contributed by atoms with Crippen molar-refractivity contribution in [3.8, 4) is 5.75 Å². The van der Waals surface area contributed by atoms with Crippen molar-refractivity contribution in [1.82, 2.24) is 0 Å². The van der Waals surface area contributed by atoms with Crippen LogP contribution < -0.4 is 4.74 Å². The van der Waals surface area contributed by atoms with E-state index < -0.39 is 30.4 Å². The Hall–Kier alpha value is -1.89. The fourth-order valence-electron chi connectivity index (χ4n) is 3.20. The Bertz CT molecular complexity index is 599. The monoisotopic (exact) mass is 362 g/mol. The van der Waals surface area contributed by atoms with E-state index in [1.807, 2.05) is 6.08 Å². The number of ether oxygens (including phenoxy) is 4. The summed E-state index contributed by atoms with van der Waals surface area (Å²) in [5.41, 5.74) is 0.449. The van der Waals surface area contributed by atoms with E-state index >= 15 is 0 Å². The molecule has 0 saturated carbocycles. The second-order valence-electron chi connectivity index (χ2n) is 6.62. The molecule has 0 spiro atoms. The number of hydrogen-bond donors (Lipinski definition) is 1. The van der Waals surface area contributed by atoms with Crippen LogP contribution in [-0.2, 0) is 14.2 Å². The van der Waals surface area contributed by atoms with Crippen LogP contribution in [0.2, 0.25) is 0 Å². The van der Waals surface area contributed by atoms with Gasteiger partial charge >= 0.3 is 5.97 Å². The van der Waals surface area contributed by atoms with Crippen molar-refractivity contribution >= 4 is 5.97 Å². The molecule has 0 aliphatic carbocycles.